The molecule has 1 aliphatic rings. The molecule has 1 amide bonds. The highest BCUT2D eigenvalue weighted by molar-refractivity contribution is 6.06. The molecule has 5 heteroatoms. The van der Waals surface area contributed by atoms with Crippen molar-refractivity contribution in [3.8, 4) is 5.75 Å². The minimum Gasteiger partial charge on any atom is -0.492 e. The van der Waals surface area contributed by atoms with Crippen LogP contribution in [0, 0.1) is 0 Å². The Morgan fingerprint density at radius 3 is 2.85 bits per heavy atom. The minimum atomic E-state index is -0.120. The first-order valence-corrected chi connectivity index (χ1v) is 8.93. The predicted molar refractivity (Wildman–Crippen MR) is 102 cm³/mol. The van der Waals surface area contributed by atoms with E-state index in [2.05, 4.69) is 9.97 Å². The van der Waals surface area contributed by atoms with Crippen molar-refractivity contribution in [3.05, 3.63) is 60.0 Å². The van der Waals surface area contributed by atoms with Crippen LogP contribution in [-0.4, -0.2) is 28.5 Å². The van der Waals surface area contributed by atoms with Gasteiger partial charge in [-0.2, -0.15) is 0 Å². The number of aryl methyl sites for hydroxylation is 1. The zero-order chi connectivity index (χ0) is 18.1. The number of anilines is 1. The third kappa shape index (κ3) is 3.01. The van der Waals surface area contributed by atoms with Crippen LogP contribution in [0.3, 0.4) is 0 Å². The topological polar surface area (TPSA) is 55.3 Å². The number of hydrogen-bond acceptors (Lipinski definition) is 4. The molecule has 1 aromatic carbocycles. The molecule has 0 bridgehead atoms. The van der Waals surface area contributed by atoms with Crippen molar-refractivity contribution < 1.29 is 9.53 Å². The number of carbonyl (C=O) groups excluding carboxylic acids is 1. The number of rotatable bonds is 3. The quantitative estimate of drug-likeness (QED) is 0.718. The predicted octanol–water partition coefficient (Wildman–Crippen LogP) is 4.01. The van der Waals surface area contributed by atoms with Gasteiger partial charge in [0.15, 0.2) is 0 Å². The van der Waals surface area contributed by atoms with Gasteiger partial charge in [0, 0.05) is 11.4 Å². The molecule has 0 N–H and O–H groups in total. The molecule has 0 saturated carbocycles. The first kappa shape index (κ1) is 16.5. The van der Waals surface area contributed by atoms with Crippen molar-refractivity contribution in [1.29, 1.82) is 0 Å². The van der Waals surface area contributed by atoms with Crippen LogP contribution < -0.4 is 9.64 Å². The lowest BCUT2D eigenvalue weighted by atomic mass is 10.1. The van der Waals surface area contributed by atoms with Crippen LogP contribution in [-0.2, 0) is 6.42 Å². The fraction of sp³-hybridized carbons (Fsp3) is 0.286. The van der Waals surface area contributed by atoms with Crippen LogP contribution in [0.15, 0.2) is 48.8 Å². The van der Waals surface area contributed by atoms with Gasteiger partial charge < -0.3 is 9.64 Å². The number of ether oxygens (including phenoxy) is 1. The van der Waals surface area contributed by atoms with E-state index in [4.69, 9.17) is 4.74 Å². The number of benzene rings is 1. The molecule has 0 atom stereocenters. The molecule has 1 aliphatic heterocycles. The summed E-state index contributed by atoms with van der Waals surface area (Å²) in [5.41, 5.74) is 3.18. The highest BCUT2D eigenvalue weighted by atomic mass is 16.5. The SMILES string of the molecule is CC(C)N(C(=O)c1cc2c(cn1)OCCC2)c1cnc2ccccc2c1. The van der Waals surface area contributed by atoms with Crippen LogP contribution in [0.4, 0.5) is 5.69 Å². The molecule has 0 spiro atoms. The van der Waals surface area contributed by atoms with Gasteiger partial charge in [-0.1, -0.05) is 18.2 Å². The smallest absolute Gasteiger partial charge is 0.277 e. The van der Waals surface area contributed by atoms with E-state index in [0.29, 0.717) is 12.3 Å². The molecule has 0 aliphatic carbocycles. The number of nitrogens with zero attached hydrogens (tertiary/aromatic N) is 3. The van der Waals surface area contributed by atoms with E-state index >= 15 is 0 Å². The number of carbonyl (C=O) groups is 1. The number of para-hydroxylation sites is 1. The molecular weight excluding hydrogens is 326 g/mol. The molecule has 0 saturated heterocycles. The van der Waals surface area contributed by atoms with Crippen molar-refractivity contribution in [2.24, 2.45) is 0 Å². The monoisotopic (exact) mass is 347 g/mol. The zero-order valence-corrected chi connectivity index (χ0v) is 15.0. The van der Waals surface area contributed by atoms with Gasteiger partial charge >= 0.3 is 0 Å². The maximum atomic E-state index is 13.2. The van der Waals surface area contributed by atoms with Gasteiger partial charge in [-0.15, -0.1) is 0 Å². The second kappa shape index (κ2) is 6.75. The molecule has 0 fully saturated rings. The Bertz CT molecular complexity index is 968. The summed E-state index contributed by atoms with van der Waals surface area (Å²) in [5.74, 6) is 0.668. The normalized spacial score (nSPS) is 13.3. The van der Waals surface area contributed by atoms with E-state index < -0.39 is 0 Å². The highest BCUT2D eigenvalue weighted by Crippen LogP contribution is 2.27. The molecule has 132 valence electrons. The van der Waals surface area contributed by atoms with Gasteiger partial charge in [0.25, 0.3) is 5.91 Å². The lowest BCUT2D eigenvalue weighted by Crippen LogP contribution is -2.37. The Hall–Kier alpha value is -2.95. The van der Waals surface area contributed by atoms with Crippen molar-refractivity contribution in [2.75, 3.05) is 11.5 Å². The van der Waals surface area contributed by atoms with Gasteiger partial charge in [0.05, 0.1) is 30.2 Å². The van der Waals surface area contributed by atoms with Crippen molar-refractivity contribution in [2.45, 2.75) is 32.7 Å². The third-order valence-corrected chi connectivity index (χ3v) is 4.60. The first-order chi connectivity index (χ1) is 12.6. The first-order valence-electron chi connectivity index (χ1n) is 8.93. The molecule has 3 aromatic rings. The molecular formula is C21H21N3O2. The Balaban J connectivity index is 1.72. The lowest BCUT2D eigenvalue weighted by molar-refractivity contribution is 0.0975. The van der Waals surface area contributed by atoms with Crippen molar-refractivity contribution in [3.63, 3.8) is 0 Å². The van der Waals surface area contributed by atoms with Gasteiger partial charge in [0.1, 0.15) is 11.4 Å². The van der Waals surface area contributed by atoms with Gasteiger partial charge in [0.2, 0.25) is 0 Å². The average Bonchev–Trinajstić information content (AvgIpc) is 2.67. The summed E-state index contributed by atoms with van der Waals surface area (Å²) in [7, 11) is 0. The Labute approximate surface area is 152 Å². The Kier molecular flexibility index (Phi) is 4.29. The highest BCUT2D eigenvalue weighted by Gasteiger charge is 2.24. The van der Waals surface area contributed by atoms with Gasteiger partial charge in [-0.3, -0.25) is 9.78 Å². The molecule has 3 heterocycles. The number of aromatic nitrogens is 2. The fourth-order valence-electron chi connectivity index (χ4n) is 3.34. The molecule has 0 unspecified atom stereocenters. The summed E-state index contributed by atoms with van der Waals surface area (Å²) < 4.78 is 5.60. The van der Waals surface area contributed by atoms with E-state index in [-0.39, 0.29) is 11.9 Å². The van der Waals surface area contributed by atoms with Gasteiger partial charge in [-0.05, 0) is 50.5 Å². The molecule has 5 nitrogen and oxygen atoms in total. The van der Waals surface area contributed by atoms with Crippen LogP contribution >= 0.6 is 0 Å². The third-order valence-electron chi connectivity index (χ3n) is 4.60. The Morgan fingerprint density at radius 1 is 1.15 bits per heavy atom. The number of amides is 1. The van der Waals surface area contributed by atoms with Gasteiger partial charge in [-0.25, -0.2) is 4.98 Å². The molecule has 2 aromatic heterocycles. The standard InChI is InChI=1S/C21H21N3O2/c1-14(2)24(17-10-15-6-3-4-8-18(15)22-12-17)21(25)19-11-16-7-5-9-26-20(16)13-23-19/h3-4,6,8,10-14H,5,7,9H2,1-2H3. The lowest BCUT2D eigenvalue weighted by Gasteiger charge is -2.27. The summed E-state index contributed by atoms with van der Waals surface area (Å²) in [6.45, 7) is 4.70. The minimum absolute atomic E-state index is 0.0143. The maximum Gasteiger partial charge on any atom is 0.277 e. The number of fused-ring (bicyclic) bond motifs is 2. The van der Waals surface area contributed by atoms with Crippen LogP contribution in [0.2, 0.25) is 0 Å². The second-order valence-electron chi connectivity index (χ2n) is 6.78. The van der Waals surface area contributed by atoms with E-state index in [1.165, 1.54) is 0 Å². The summed E-state index contributed by atoms with van der Waals surface area (Å²) in [4.78, 5) is 23.8. The van der Waals surface area contributed by atoms with E-state index in [0.717, 1.165) is 40.7 Å². The number of hydrogen-bond donors (Lipinski definition) is 0. The van der Waals surface area contributed by atoms with Crippen molar-refractivity contribution in [1.82, 2.24) is 9.97 Å². The summed E-state index contributed by atoms with van der Waals surface area (Å²) >= 11 is 0. The van der Waals surface area contributed by atoms with Crippen molar-refractivity contribution >= 4 is 22.5 Å². The molecule has 0 radical (unpaired) electrons. The van der Waals surface area contributed by atoms with Crippen LogP contribution in [0.5, 0.6) is 5.75 Å². The summed E-state index contributed by atoms with van der Waals surface area (Å²) in [6, 6.07) is 11.7. The summed E-state index contributed by atoms with van der Waals surface area (Å²) in [6.07, 6.45) is 5.30. The van der Waals surface area contributed by atoms with E-state index in [9.17, 15) is 4.79 Å². The van der Waals surface area contributed by atoms with Crippen LogP contribution in [0.25, 0.3) is 10.9 Å². The maximum absolute atomic E-state index is 13.2. The van der Waals surface area contributed by atoms with E-state index in [1.54, 1.807) is 17.3 Å². The fourth-order valence-corrected chi connectivity index (χ4v) is 3.34. The van der Waals surface area contributed by atoms with E-state index in [1.807, 2.05) is 50.2 Å². The number of pyridine rings is 2. The largest absolute Gasteiger partial charge is 0.492 e. The molecule has 4 rings (SSSR count). The zero-order valence-electron chi connectivity index (χ0n) is 15.0. The average molecular weight is 347 g/mol. The second-order valence-corrected chi connectivity index (χ2v) is 6.78. The Morgan fingerprint density at radius 2 is 2.00 bits per heavy atom. The summed E-state index contributed by atoms with van der Waals surface area (Å²) in [5, 5.41) is 1.01. The molecule has 26 heavy (non-hydrogen) atoms. The van der Waals surface area contributed by atoms with Crippen LogP contribution in [0.1, 0.15) is 36.3 Å².